The molecule has 13 heteroatoms. The molecule has 11 nitrogen and oxygen atoms in total. The number of carboxylic acid groups (broad SMARTS) is 1. The number of unbranched alkanes of at least 4 members (excludes halogenated alkanes) is 2. The fraction of sp³-hybridized carbons (Fsp3) is 0.818. The monoisotopic (exact) mass is 536 g/mol. The lowest BCUT2D eigenvalue weighted by atomic mass is 10.1. The Labute approximate surface area is 217 Å². The van der Waals surface area contributed by atoms with Crippen molar-refractivity contribution >= 4 is 47.2 Å². The number of carboxylic acids is 1. The van der Waals surface area contributed by atoms with Crippen LogP contribution in [0.4, 0.5) is 0 Å². The summed E-state index contributed by atoms with van der Waals surface area (Å²) in [6.07, 6.45) is 7.82. The molecule has 0 aromatic rings. The van der Waals surface area contributed by atoms with Gasteiger partial charge in [0.2, 0.25) is 17.7 Å². The molecule has 35 heavy (non-hydrogen) atoms. The molecular weight excluding hydrogens is 492 g/mol. The van der Waals surface area contributed by atoms with Gasteiger partial charge in [-0.05, 0) is 82.1 Å². The van der Waals surface area contributed by atoms with E-state index < -0.39 is 47.9 Å². The van der Waals surface area contributed by atoms with Gasteiger partial charge in [-0.3, -0.25) is 14.4 Å². The van der Waals surface area contributed by atoms with Crippen molar-refractivity contribution in [2.45, 2.75) is 75.5 Å². The van der Waals surface area contributed by atoms with E-state index in [4.69, 9.17) is 17.2 Å². The number of aliphatic carboxylic acids is 1. The Morgan fingerprint density at radius 2 is 1.11 bits per heavy atom. The van der Waals surface area contributed by atoms with Crippen molar-refractivity contribution in [3.05, 3.63) is 0 Å². The van der Waals surface area contributed by atoms with Crippen molar-refractivity contribution in [1.29, 1.82) is 0 Å². The number of carbonyl (C=O) groups is 4. The first-order valence-corrected chi connectivity index (χ1v) is 14.8. The minimum absolute atomic E-state index is 0.246. The first-order valence-electron chi connectivity index (χ1n) is 12.0. The third-order valence-corrected chi connectivity index (χ3v) is 6.64. The smallest absolute Gasteiger partial charge is 0.326 e. The lowest BCUT2D eigenvalue weighted by molar-refractivity contribution is -0.142. The largest absolute Gasteiger partial charge is 0.480 e. The summed E-state index contributed by atoms with van der Waals surface area (Å²) in [6, 6.07) is -3.62. The van der Waals surface area contributed by atoms with Crippen LogP contribution in [0.2, 0.25) is 0 Å². The van der Waals surface area contributed by atoms with E-state index in [2.05, 4.69) is 16.0 Å². The van der Waals surface area contributed by atoms with Crippen LogP contribution in [0.1, 0.15) is 51.4 Å². The SMILES string of the molecule is CSCCC(NC(=O)C(N)CCCCN)C(=O)NC(CCSC)C(=O)NC(CCCCN)C(=O)O. The van der Waals surface area contributed by atoms with Gasteiger partial charge in [0.15, 0.2) is 0 Å². The highest BCUT2D eigenvalue weighted by Gasteiger charge is 2.29. The van der Waals surface area contributed by atoms with Gasteiger partial charge in [-0.2, -0.15) is 23.5 Å². The summed E-state index contributed by atoms with van der Waals surface area (Å²) in [5, 5.41) is 17.4. The molecule has 0 spiro atoms. The number of nitrogens with two attached hydrogens (primary N) is 3. The van der Waals surface area contributed by atoms with E-state index >= 15 is 0 Å². The van der Waals surface area contributed by atoms with Gasteiger partial charge in [-0.25, -0.2) is 4.79 Å². The summed E-state index contributed by atoms with van der Waals surface area (Å²) in [5.41, 5.74) is 16.9. The molecule has 0 bridgehead atoms. The van der Waals surface area contributed by atoms with E-state index in [1.54, 1.807) is 0 Å². The molecule has 0 saturated carbocycles. The van der Waals surface area contributed by atoms with Crippen LogP contribution in [0, 0.1) is 0 Å². The second-order valence-corrected chi connectivity index (χ2v) is 10.2. The van der Waals surface area contributed by atoms with Crippen molar-refractivity contribution < 1.29 is 24.3 Å². The van der Waals surface area contributed by atoms with Crippen LogP contribution < -0.4 is 33.2 Å². The number of amides is 3. The summed E-state index contributed by atoms with van der Waals surface area (Å²) in [7, 11) is 0. The van der Waals surface area contributed by atoms with Crippen LogP contribution in [0.15, 0.2) is 0 Å². The third kappa shape index (κ3) is 15.2. The molecular formula is C22H44N6O5S2. The van der Waals surface area contributed by atoms with E-state index in [9.17, 15) is 24.3 Å². The predicted molar refractivity (Wildman–Crippen MR) is 143 cm³/mol. The summed E-state index contributed by atoms with van der Waals surface area (Å²) >= 11 is 3.03. The van der Waals surface area contributed by atoms with Crippen molar-refractivity contribution in [3.8, 4) is 0 Å². The number of thioether (sulfide) groups is 2. The zero-order valence-corrected chi connectivity index (χ0v) is 22.6. The minimum atomic E-state index is -1.14. The minimum Gasteiger partial charge on any atom is -0.480 e. The lowest BCUT2D eigenvalue weighted by Gasteiger charge is -2.25. The van der Waals surface area contributed by atoms with Gasteiger partial charge in [0.25, 0.3) is 0 Å². The predicted octanol–water partition coefficient (Wildman–Crippen LogP) is -0.383. The van der Waals surface area contributed by atoms with Crippen molar-refractivity contribution in [2.24, 2.45) is 17.2 Å². The molecule has 0 fully saturated rings. The normalized spacial score (nSPS) is 14.4. The van der Waals surface area contributed by atoms with E-state index in [1.807, 2.05) is 12.5 Å². The molecule has 0 aromatic heterocycles. The second kappa shape index (κ2) is 20.6. The van der Waals surface area contributed by atoms with Crippen LogP contribution in [0.5, 0.6) is 0 Å². The summed E-state index contributed by atoms with van der Waals surface area (Å²) < 4.78 is 0. The average molecular weight is 537 g/mol. The highest BCUT2D eigenvalue weighted by Crippen LogP contribution is 2.08. The fourth-order valence-electron chi connectivity index (χ4n) is 3.22. The molecule has 0 aromatic carbocycles. The Morgan fingerprint density at radius 3 is 1.54 bits per heavy atom. The van der Waals surface area contributed by atoms with Crippen LogP contribution in [-0.2, 0) is 19.2 Å². The molecule has 0 aliphatic heterocycles. The quantitative estimate of drug-likeness (QED) is 0.0947. The van der Waals surface area contributed by atoms with Gasteiger partial charge in [-0.15, -0.1) is 0 Å². The number of nitrogens with one attached hydrogen (secondary N) is 3. The zero-order valence-electron chi connectivity index (χ0n) is 20.9. The Kier molecular flexibility index (Phi) is 19.7. The van der Waals surface area contributed by atoms with Crippen molar-refractivity contribution in [2.75, 3.05) is 37.1 Å². The molecule has 0 radical (unpaired) electrons. The number of carbonyl (C=O) groups excluding carboxylic acids is 3. The summed E-state index contributed by atoms with van der Waals surface area (Å²) in [6.45, 7) is 0.953. The molecule has 0 aliphatic carbocycles. The van der Waals surface area contributed by atoms with E-state index in [0.717, 1.165) is 6.42 Å². The molecule has 4 unspecified atom stereocenters. The maximum atomic E-state index is 13.1. The maximum Gasteiger partial charge on any atom is 0.326 e. The third-order valence-electron chi connectivity index (χ3n) is 5.35. The summed E-state index contributed by atoms with van der Waals surface area (Å²) in [5.74, 6) is -1.45. The Bertz CT molecular complexity index is 643. The fourth-order valence-corrected chi connectivity index (χ4v) is 4.17. The van der Waals surface area contributed by atoms with Gasteiger partial charge < -0.3 is 38.3 Å². The van der Waals surface area contributed by atoms with Crippen LogP contribution in [0.3, 0.4) is 0 Å². The maximum absolute atomic E-state index is 13.1. The van der Waals surface area contributed by atoms with Crippen LogP contribution in [-0.4, -0.2) is 90.1 Å². The molecule has 4 atom stereocenters. The van der Waals surface area contributed by atoms with Gasteiger partial charge in [0.1, 0.15) is 18.1 Å². The molecule has 3 amide bonds. The van der Waals surface area contributed by atoms with E-state index in [1.165, 1.54) is 23.5 Å². The molecule has 0 heterocycles. The van der Waals surface area contributed by atoms with Gasteiger partial charge in [0.05, 0.1) is 6.04 Å². The van der Waals surface area contributed by atoms with Crippen molar-refractivity contribution in [3.63, 3.8) is 0 Å². The molecule has 0 aliphatic rings. The molecule has 10 N–H and O–H groups in total. The molecule has 0 rings (SSSR count). The van der Waals surface area contributed by atoms with Crippen LogP contribution in [0.25, 0.3) is 0 Å². The lowest BCUT2D eigenvalue weighted by Crippen LogP contribution is -2.57. The summed E-state index contributed by atoms with van der Waals surface area (Å²) in [4.78, 5) is 50.1. The Balaban J connectivity index is 5.30. The van der Waals surface area contributed by atoms with E-state index in [-0.39, 0.29) is 6.42 Å². The number of hydrogen-bond acceptors (Lipinski definition) is 9. The second-order valence-electron chi connectivity index (χ2n) is 8.26. The zero-order chi connectivity index (χ0) is 26.6. The van der Waals surface area contributed by atoms with Gasteiger partial charge in [-0.1, -0.05) is 6.42 Å². The standard InChI is InChI=1S/C22H44N6O5S2/c1-34-13-9-16(26-19(29)15(25)7-3-5-11-23)20(30)27-17(10-14-35-2)21(31)28-18(22(32)33)8-4-6-12-24/h15-18H,3-14,23-25H2,1-2H3,(H,26,29)(H,27,30)(H,28,31)(H,32,33). The molecule has 204 valence electrons. The Morgan fingerprint density at radius 1 is 0.686 bits per heavy atom. The van der Waals surface area contributed by atoms with Crippen LogP contribution >= 0.6 is 23.5 Å². The first kappa shape index (κ1) is 33.5. The van der Waals surface area contributed by atoms with Gasteiger partial charge >= 0.3 is 5.97 Å². The molecule has 0 saturated heterocycles. The highest BCUT2D eigenvalue weighted by molar-refractivity contribution is 7.98. The van der Waals surface area contributed by atoms with Crippen molar-refractivity contribution in [1.82, 2.24) is 16.0 Å². The Hall–Kier alpha value is -1.54. The van der Waals surface area contributed by atoms with Gasteiger partial charge in [0, 0.05) is 0 Å². The first-order chi connectivity index (χ1) is 16.7. The number of hydrogen-bond donors (Lipinski definition) is 7. The topological polar surface area (TPSA) is 203 Å². The number of rotatable bonds is 21. The van der Waals surface area contributed by atoms with E-state index in [0.29, 0.717) is 63.1 Å². The average Bonchev–Trinajstić information content (AvgIpc) is 2.83. The highest BCUT2D eigenvalue weighted by atomic mass is 32.2.